The Morgan fingerprint density at radius 1 is 1.25 bits per heavy atom. The molecule has 0 bridgehead atoms. The number of hydrogen-bond acceptors (Lipinski definition) is 3. The molecule has 1 fully saturated rings. The normalized spacial score (nSPS) is 19.1. The van der Waals surface area contributed by atoms with E-state index in [4.69, 9.17) is 0 Å². The van der Waals surface area contributed by atoms with Crippen molar-refractivity contribution in [3.63, 3.8) is 0 Å². The average Bonchev–Trinajstić information content (AvgIpc) is 2.52. The Hall–Kier alpha value is -0.900. The number of piperidine rings is 1. The zero-order chi connectivity index (χ0) is 14.2. The molecule has 1 aliphatic rings. The van der Waals surface area contributed by atoms with Gasteiger partial charge in [0, 0.05) is 12.6 Å². The van der Waals surface area contributed by atoms with Crippen molar-refractivity contribution in [2.75, 3.05) is 26.2 Å². The van der Waals surface area contributed by atoms with Crippen LogP contribution in [0.1, 0.15) is 44.3 Å². The maximum Gasteiger partial charge on any atom is 0.0914 e. The molecule has 1 aromatic rings. The zero-order valence-corrected chi connectivity index (χ0v) is 12.6. The van der Waals surface area contributed by atoms with Crippen molar-refractivity contribution in [1.82, 2.24) is 10.2 Å². The van der Waals surface area contributed by atoms with Gasteiger partial charge in [-0.1, -0.05) is 43.7 Å². The summed E-state index contributed by atoms with van der Waals surface area (Å²) in [5.41, 5.74) is 1.00. The summed E-state index contributed by atoms with van der Waals surface area (Å²) in [6, 6.07) is 10.5. The second-order valence-electron chi connectivity index (χ2n) is 5.80. The minimum atomic E-state index is -0.394. The Balaban J connectivity index is 1.66. The van der Waals surface area contributed by atoms with Crippen LogP contribution < -0.4 is 5.32 Å². The third-order valence-electron chi connectivity index (χ3n) is 4.20. The van der Waals surface area contributed by atoms with E-state index in [1.54, 1.807) is 0 Å². The topological polar surface area (TPSA) is 35.5 Å². The molecule has 1 aliphatic heterocycles. The fourth-order valence-corrected chi connectivity index (χ4v) is 2.81. The summed E-state index contributed by atoms with van der Waals surface area (Å²) in [5.74, 6) is 0. The third-order valence-corrected chi connectivity index (χ3v) is 4.20. The van der Waals surface area contributed by atoms with E-state index in [2.05, 4.69) is 17.1 Å². The molecule has 1 heterocycles. The first-order chi connectivity index (χ1) is 9.79. The van der Waals surface area contributed by atoms with E-state index in [0.717, 1.165) is 5.56 Å². The maximum absolute atomic E-state index is 10.1. The van der Waals surface area contributed by atoms with Crippen molar-refractivity contribution in [2.45, 2.75) is 44.8 Å². The van der Waals surface area contributed by atoms with Gasteiger partial charge in [-0.2, -0.15) is 0 Å². The molecule has 3 heteroatoms. The van der Waals surface area contributed by atoms with Crippen molar-refractivity contribution in [2.24, 2.45) is 0 Å². The molecule has 0 aliphatic carbocycles. The van der Waals surface area contributed by atoms with Crippen LogP contribution in [0.3, 0.4) is 0 Å². The number of unbranched alkanes of at least 4 members (excludes halogenated alkanes) is 1. The molecular formula is C17H28N2O. The predicted molar refractivity (Wildman–Crippen MR) is 83.8 cm³/mol. The number of rotatable bonds is 7. The molecule has 0 amide bonds. The maximum atomic E-state index is 10.1. The predicted octanol–water partition coefficient (Wildman–Crippen LogP) is 2.57. The highest BCUT2D eigenvalue weighted by Gasteiger charge is 2.19. The van der Waals surface area contributed by atoms with Crippen LogP contribution in [-0.2, 0) is 0 Å². The Kier molecular flexibility index (Phi) is 6.51. The van der Waals surface area contributed by atoms with Gasteiger partial charge in [-0.15, -0.1) is 0 Å². The van der Waals surface area contributed by atoms with Crippen LogP contribution in [0.4, 0.5) is 0 Å². The molecule has 3 nitrogen and oxygen atoms in total. The third kappa shape index (κ3) is 4.89. The second kappa shape index (κ2) is 8.40. The first-order valence-corrected chi connectivity index (χ1v) is 7.98. The van der Waals surface area contributed by atoms with Gasteiger partial charge < -0.3 is 15.3 Å². The van der Waals surface area contributed by atoms with Crippen LogP contribution in [0.25, 0.3) is 0 Å². The molecule has 1 saturated heterocycles. The quantitative estimate of drug-likeness (QED) is 0.803. The van der Waals surface area contributed by atoms with E-state index in [1.165, 1.54) is 45.3 Å². The second-order valence-corrected chi connectivity index (χ2v) is 5.80. The highest BCUT2D eigenvalue weighted by Crippen LogP contribution is 2.14. The van der Waals surface area contributed by atoms with Crippen LogP contribution in [0.2, 0.25) is 0 Å². The Labute approximate surface area is 123 Å². The molecule has 1 atom stereocenters. The molecule has 0 spiro atoms. The molecule has 112 valence electrons. The summed E-state index contributed by atoms with van der Waals surface area (Å²) >= 11 is 0. The number of nitrogens with one attached hydrogen (secondary N) is 1. The van der Waals surface area contributed by atoms with Gasteiger partial charge in [-0.3, -0.25) is 0 Å². The Bertz CT molecular complexity index is 361. The van der Waals surface area contributed by atoms with Crippen LogP contribution in [0.15, 0.2) is 30.3 Å². The lowest BCUT2D eigenvalue weighted by atomic mass is 10.0. The summed E-state index contributed by atoms with van der Waals surface area (Å²) < 4.78 is 0. The molecule has 2 rings (SSSR count). The molecule has 1 unspecified atom stereocenters. The summed E-state index contributed by atoms with van der Waals surface area (Å²) in [6.45, 7) is 6.54. The van der Waals surface area contributed by atoms with Gasteiger partial charge in [0.25, 0.3) is 0 Å². The number of hydrogen-bond donors (Lipinski definition) is 2. The first-order valence-electron chi connectivity index (χ1n) is 7.98. The smallest absolute Gasteiger partial charge is 0.0914 e. The van der Waals surface area contributed by atoms with Gasteiger partial charge in [-0.05, 0) is 44.5 Å². The van der Waals surface area contributed by atoms with E-state index >= 15 is 0 Å². The van der Waals surface area contributed by atoms with Crippen molar-refractivity contribution in [1.29, 1.82) is 0 Å². The minimum absolute atomic E-state index is 0.394. The molecule has 0 radical (unpaired) electrons. The fraction of sp³-hybridized carbons (Fsp3) is 0.647. The van der Waals surface area contributed by atoms with Gasteiger partial charge in [-0.25, -0.2) is 0 Å². The monoisotopic (exact) mass is 276 g/mol. The van der Waals surface area contributed by atoms with E-state index in [9.17, 15) is 5.11 Å². The SMILES string of the molecule is CCCCN1CCC(NCC(O)c2ccccc2)CC1. The van der Waals surface area contributed by atoms with E-state index in [-0.39, 0.29) is 0 Å². The number of benzene rings is 1. The van der Waals surface area contributed by atoms with Crippen molar-refractivity contribution in [3.8, 4) is 0 Å². The molecule has 0 aromatic heterocycles. The van der Waals surface area contributed by atoms with Gasteiger partial charge in [0.05, 0.1) is 6.10 Å². The largest absolute Gasteiger partial charge is 0.387 e. The standard InChI is InChI=1S/C17H28N2O/c1-2-3-11-19-12-9-16(10-13-19)18-14-17(20)15-7-5-4-6-8-15/h4-8,16-18,20H,2-3,9-14H2,1H3. The first kappa shape index (κ1) is 15.5. The lowest BCUT2D eigenvalue weighted by Gasteiger charge is -2.32. The highest BCUT2D eigenvalue weighted by atomic mass is 16.3. The number of nitrogens with zero attached hydrogens (tertiary/aromatic N) is 1. The number of aliphatic hydroxyl groups is 1. The van der Waals surface area contributed by atoms with Crippen LogP contribution >= 0.6 is 0 Å². The van der Waals surface area contributed by atoms with Crippen LogP contribution in [0.5, 0.6) is 0 Å². The average molecular weight is 276 g/mol. The van der Waals surface area contributed by atoms with E-state index < -0.39 is 6.10 Å². The van der Waals surface area contributed by atoms with Gasteiger partial charge in [0.2, 0.25) is 0 Å². The molecule has 20 heavy (non-hydrogen) atoms. The Morgan fingerprint density at radius 2 is 1.95 bits per heavy atom. The lowest BCUT2D eigenvalue weighted by Crippen LogP contribution is -2.43. The van der Waals surface area contributed by atoms with E-state index in [0.29, 0.717) is 12.6 Å². The molecule has 0 saturated carbocycles. The summed E-state index contributed by atoms with van der Waals surface area (Å²) in [4.78, 5) is 2.56. The van der Waals surface area contributed by atoms with Gasteiger partial charge in [0.1, 0.15) is 0 Å². The summed E-state index contributed by atoms with van der Waals surface area (Å²) in [7, 11) is 0. The highest BCUT2D eigenvalue weighted by molar-refractivity contribution is 5.17. The van der Waals surface area contributed by atoms with Crippen molar-refractivity contribution < 1.29 is 5.11 Å². The minimum Gasteiger partial charge on any atom is -0.387 e. The molecule has 2 N–H and O–H groups in total. The zero-order valence-electron chi connectivity index (χ0n) is 12.6. The van der Waals surface area contributed by atoms with Gasteiger partial charge in [0.15, 0.2) is 0 Å². The number of aliphatic hydroxyl groups excluding tert-OH is 1. The Morgan fingerprint density at radius 3 is 2.60 bits per heavy atom. The summed E-state index contributed by atoms with van der Waals surface area (Å²) in [6.07, 6.45) is 4.59. The number of likely N-dealkylation sites (tertiary alicyclic amines) is 1. The summed E-state index contributed by atoms with van der Waals surface area (Å²) in [5, 5.41) is 13.7. The van der Waals surface area contributed by atoms with Crippen molar-refractivity contribution >= 4 is 0 Å². The molecule has 1 aromatic carbocycles. The molecular weight excluding hydrogens is 248 g/mol. The van der Waals surface area contributed by atoms with Crippen molar-refractivity contribution in [3.05, 3.63) is 35.9 Å². The van der Waals surface area contributed by atoms with E-state index in [1.807, 2.05) is 30.3 Å². The lowest BCUT2D eigenvalue weighted by molar-refractivity contribution is 0.151. The van der Waals surface area contributed by atoms with Gasteiger partial charge >= 0.3 is 0 Å². The van der Waals surface area contributed by atoms with Crippen LogP contribution in [0, 0.1) is 0 Å². The fourth-order valence-electron chi connectivity index (χ4n) is 2.81. The van der Waals surface area contributed by atoms with Crippen LogP contribution in [-0.4, -0.2) is 42.2 Å².